The molecule has 81 valence electrons. The van der Waals surface area contributed by atoms with Gasteiger partial charge in [0, 0.05) is 13.0 Å². The van der Waals surface area contributed by atoms with E-state index in [4.69, 9.17) is 4.74 Å². The number of hydrogen-bond acceptors (Lipinski definition) is 3. The minimum atomic E-state index is -0.367. The molecule has 1 N–H and O–H groups in total. The first-order valence-electron chi connectivity index (χ1n) is 5.07. The maximum absolute atomic E-state index is 10.9. The van der Waals surface area contributed by atoms with Crippen LogP contribution in [-0.2, 0) is 9.53 Å². The summed E-state index contributed by atoms with van der Waals surface area (Å²) >= 11 is 0. The molecule has 0 bridgehead atoms. The summed E-state index contributed by atoms with van der Waals surface area (Å²) in [7, 11) is 0. The van der Waals surface area contributed by atoms with E-state index in [9.17, 15) is 9.59 Å². The van der Waals surface area contributed by atoms with E-state index in [0.29, 0.717) is 19.6 Å². The van der Waals surface area contributed by atoms with Crippen molar-refractivity contribution in [3.05, 3.63) is 0 Å². The highest BCUT2D eigenvalue weighted by molar-refractivity contribution is 5.66. The Balaban J connectivity index is 3.14. The summed E-state index contributed by atoms with van der Waals surface area (Å²) in [5.41, 5.74) is 0. The summed E-state index contributed by atoms with van der Waals surface area (Å²) < 4.78 is 4.86. The molecule has 1 amide bonds. The van der Waals surface area contributed by atoms with E-state index in [1.54, 1.807) is 6.29 Å². The van der Waals surface area contributed by atoms with Gasteiger partial charge in [0.1, 0.15) is 0 Å². The predicted molar refractivity (Wildman–Crippen MR) is 53.8 cm³/mol. The zero-order valence-electron chi connectivity index (χ0n) is 8.67. The molecule has 0 aliphatic rings. The quantitative estimate of drug-likeness (QED) is 0.608. The summed E-state index contributed by atoms with van der Waals surface area (Å²) in [6.45, 7) is 3.08. The third-order valence-electron chi connectivity index (χ3n) is 1.71. The molecule has 0 aromatic carbocycles. The van der Waals surface area contributed by atoms with Crippen molar-refractivity contribution in [2.24, 2.45) is 0 Å². The number of alkyl carbamates (subject to hydrolysis) is 1. The van der Waals surface area contributed by atoms with E-state index in [-0.39, 0.29) is 6.09 Å². The molecule has 4 nitrogen and oxygen atoms in total. The Morgan fingerprint density at radius 2 is 2.14 bits per heavy atom. The molecule has 0 spiro atoms. The average Bonchev–Trinajstić information content (AvgIpc) is 2.18. The highest BCUT2D eigenvalue weighted by Crippen LogP contribution is 1.91. The van der Waals surface area contributed by atoms with Gasteiger partial charge in [-0.2, -0.15) is 0 Å². The van der Waals surface area contributed by atoms with Crippen LogP contribution < -0.4 is 5.32 Å². The van der Waals surface area contributed by atoms with Crippen LogP contribution in [-0.4, -0.2) is 25.5 Å². The zero-order valence-corrected chi connectivity index (χ0v) is 8.67. The van der Waals surface area contributed by atoms with Gasteiger partial charge < -0.3 is 10.1 Å². The maximum Gasteiger partial charge on any atom is 0.407 e. The van der Waals surface area contributed by atoms with Crippen molar-refractivity contribution in [2.45, 2.75) is 39.0 Å². The lowest BCUT2D eigenvalue weighted by molar-refractivity contribution is 0.144. The van der Waals surface area contributed by atoms with Crippen molar-refractivity contribution < 1.29 is 14.3 Å². The van der Waals surface area contributed by atoms with Gasteiger partial charge in [-0.1, -0.05) is 13.3 Å². The van der Waals surface area contributed by atoms with Gasteiger partial charge in [-0.05, 0) is 19.3 Å². The molecule has 0 aromatic rings. The van der Waals surface area contributed by atoms with E-state index in [0.717, 1.165) is 25.7 Å². The van der Waals surface area contributed by atoms with Gasteiger partial charge in [-0.3, -0.25) is 4.79 Å². The SMILES string of the molecule is CCCCOC(=O)NCCCC[C]=O. The van der Waals surface area contributed by atoms with Crippen LogP contribution in [0.25, 0.3) is 0 Å². The van der Waals surface area contributed by atoms with E-state index in [2.05, 4.69) is 5.32 Å². The number of amides is 1. The first kappa shape index (κ1) is 12.9. The van der Waals surface area contributed by atoms with Crippen LogP contribution in [0.2, 0.25) is 0 Å². The molecule has 0 heterocycles. The highest BCUT2D eigenvalue weighted by atomic mass is 16.5. The summed E-state index contributed by atoms with van der Waals surface area (Å²) in [6.07, 6.45) is 5.34. The van der Waals surface area contributed by atoms with Crippen molar-refractivity contribution in [3.8, 4) is 0 Å². The van der Waals surface area contributed by atoms with Crippen LogP contribution in [0, 0.1) is 0 Å². The minimum Gasteiger partial charge on any atom is -0.450 e. The second-order valence-electron chi connectivity index (χ2n) is 3.02. The molecule has 0 unspecified atom stereocenters. The number of carbonyl (C=O) groups is 1. The van der Waals surface area contributed by atoms with Gasteiger partial charge in [0.25, 0.3) is 0 Å². The molecule has 0 fully saturated rings. The lowest BCUT2D eigenvalue weighted by Gasteiger charge is -2.05. The monoisotopic (exact) mass is 200 g/mol. The van der Waals surface area contributed by atoms with Gasteiger partial charge in [-0.15, -0.1) is 0 Å². The van der Waals surface area contributed by atoms with Gasteiger partial charge in [0.05, 0.1) is 6.61 Å². The van der Waals surface area contributed by atoms with Gasteiger partial charge >= 0.3 is 6.09 Å². The van der Waals surface area contributed by atoms with Crippen LogP contribution in [0.15, 0.2) is 0 Å². The first-order valence-corrected chi connectivity index (χ1v) is 5.07. The van der Waals surface area contributed by atoms with Crippen molar-refractivity contribution in [2.75, 3.05) is 13.2 Å². The molecule has 1 radical (unpaired) electrons. The largest absolute Gasteiger partial charge is 0.450 e. The fraction of sp³-hybridized carbons (Fsp3) is 0.800. The smallest absolute Gasteiger partial charge is 0.407 e. The van der Waals surface area contributed by atoms with Gasteiger partial charge in [-0.25, -0.2) is 4.79 Å². The van der Waals surface area contributed by atoms with Gasteiger partial charge in [0.2, 0.25) is 0 Å². The number of rotatable bonds is 8. The second-order valence-corrected chi connectivity index (χ2v) is 3.02. The molecule has 0 saturated carbocycles. The zero-order chi connectivity index (χ0) is 10.6. The Morgan fingerprint density at radius 3 is 2.79 bits per heavy atom. The molecule has 14 heavy (non-hydrogen) atoms. The molecular formula is C10H18NO3. The van der Waals surface area contributed by atoms with Crippen LogP contribution >= 0.6 is 0 Å². The number of unbranched alkanes of at least 4 members (excludes halogenated alkanes) is 3. The lowest BCUT2D eigenvalue weighted by Crippen LogP contribution is -2.25. The predicted octanol–water partition coefficient (Wildman–Crippen LogP) is 1.79. The van der Waals surface area contributed by atoms with Crippen molar-refractivity contribution in [1.29, 1.82) is 0 Å². The third-order valence-corrected chi connectivity index (χ3v) is 1.71. The van der Waals surface area contributed by atoms with Crippen LogP contribution in [0.4, 0.5) is 4.79 Å². The molecule has 0 atom stereocenters. The van der Waals surface area contributed by atoms with E-state index in [1.165, 1.54) is 0 Å². The van der Waals surface area contributed by atoms with Crippen molar-refractivity contribution >= 4 is 12.4 Å². The molecule has 0 saturated heterocycles. The van der Waals surface area contributed by atoms with Crippen LogP contribution in [0.5, 0.6) is 0 Å². The molecule has 0 aliphatic heterocycles. The Hall–Kier alpha value is -1.06. The lowest BCUT2D eigenvalue weighted by atomic mass is 10.2. The van der Waals surface area contributed by atoms with Crippen LogP contribution in [0.1, 0.15) is 39.0 Å². The number of ether oxygens (including phenoxy) is 1. The minimum absolute atomic E-state index is 0.367. The summed E-state index contributed by atoms with van der Waals surface area (Å²) in [5, 5.41) is 2.61. The van der Waals surface area contributed by atoms with Crippen LogP contribution in [0.3, 0.4) is 0 Å². The van der Waals surface area contributed by atoms with E-state index in [1.807, 2.05) is 6.92 Å². The highest BCUT2D eigenvalue weighted by Gasteiger charge is 1.99. The Bertz CT molecular complexity index is 159. The number of nitrogens with one attached hydrogen (secondary N) is 1. The fourth-order valence-electron chi connectivity index (χ4n) is 0.873. The maximum atomic E-state index is 10.9. The molecular weight excluding hydrogens is 182 g/mol. The summed E-state index contributed by atoms with van der Waals surface area (Å²) in [6, 6.07) is 0. The van der Waals surface area contributed by atoms with Crippen molar-refractivity contribution in [3.63, 3.8) is 0 Å². The molecule has 0 aliphatic carbocycles. The molecule has 4 heteroatoms. The van der Waals surface area contributed by atoms with E-state index >= 15 is 0 Å². The van der Waals surface area contributed by atoms with Gasteiger partial charge in [0.15, 0.2) is 6.29 Å². The number of hydrogen-bond donors (Lipinski definition) is 1. The normalized spacial score (nSPS) is 9.50. The summed E-state index contributed by atoms with van der Waals surface area (Å²) in [4.78, 5) is 20.8. The summed E-state index contributed by atoms with van der Waals surface area (Å²) in [5.74, 6) is 0. The first-order chi connectivity index (χ1) is 6.81. The fourth-order valence-corrected chi connectivity index (χ4v) is 0.873. The topological polar surface area (TPSA) is 55.4 Å². The average molecular weight is 200 g/mol. The Labute approximate surface area is 85.0 Å². The second kappa shape index (κ2) is 10.0. The van der Waals surface area contributed by atoms with Crippen molar-refractivity contribution in [1.82, 2.24) is 5.32 Å². The van der Waals surface area contributed by atoms with E-state index < -0.39 is 0 Å². The Kier molecular flexibility index (Phi) is 9.26. The standard InChI is InChI=1S/C10H18NO3/c1-2-3-9-14-10(13)11-7-5-4-6-8-12/h2-7,9H2,1H3,(H,11,13). The Morgan fingerprint density at radius 1 is 1.36 bits per heavy atom. The molecule has 0 rings (SSSR count). The third kappa shape index (κ3) is 9.03. The molecule has 0 aromatic heterocycles. The number of carbonyl (C=O) groups excluding carboxylic acids is 2.